The number of methoxy groups -OCH3 is 3. The fourth-order valence-electron chi connectivity index (χ4n) is 3.77. The number of ether oxygens (including phenoxy) is 3. The summed E-state index contributed by atoms with van der Waals surface area (Å²) in [7, 11) is 4.55. The summed E-state index contributed by atoms with van der Waals surface area (Å²) in [6, 6.07) is 3.50. The van der Waals surface area contributed by atoms with Crippen LogP contribution >= 0.6 is 0 Å². The van der Waals surface area contributed by atoms with Crippen LogP contribution in [0.2, 0.25) is 0 Å². The number of hydrogen-bond acceptors (Lipinski definition) is 8. The number of H-pyrrole nitrogens is 1. The topological polar surface area (TPSA) is 141 Å². The summed E-state index contributed by atoms with van der Waals surface area (Å²) in [5, 5.41) is 2.86. The molecule has 0 saturated carbocycles. The van der Waals surface area contributed by atoms with Crippen LogP contribution in [0, 0.1) is 11.8 Å². The van der Waals surface area contributed by atoms with Crippen molar-refractivity contribution in [2.45, 2.75) is 40.8 Å². The van der Waals surface area contributed by atoms with E-state index in [1.165, 1.54) is 25.9 Å². The van der Waals surface area contributed by atoms with Crippen molar-refractivity contribution >= 4 is 17.4 Å². The Bertz CT molecular complexity index is 1110. The van der Waals surface area contributed by atoms with Crippen LogP contribution in [0.1, 0.15) is 33.3 Å². The van der Waals surface area contributed by atoms with Crippen LogP contribution in [0.15, 0.2) is 21.7 Å². The van der Waals surface area contributed by atoms with Crippen molar-refractivity contribution < 1.29 is 19.0 Å². The molecule has 0 aliphatic rings. The maximum atomic E-state index is 12.9. The second-order valence-electron chi connectivity index (χ2n) is 9.08. The van der Waals surface area contributed by atoms with Gasteiger partial charge in [-0.05, 0) is 29.5 Å². The molecule has 1 heterocycles. The monoisotopic (exact) mass is 491 g/mol. The molecule has 11 nitrogen and oxygen atoms in total. The molecule has 0 aliphatic carbocycles. The Kier molecular flexibility index (Phi) is 9.61. The second kappa shape index (κ2) is 12.2. The fourth-order valence-corrected chi connectivity index (χ4v) is 3.77. The van der Waals surface area contributed by atoms with E-state index >= 15 is 0 Å². The van der Waals surface area contributed by atoms with E-state index in [4.69, 9.17) is 19.9 Å². The molecule has 1 amide bonds. The lowest BCUT2D eigenvalue weighted by atomic mass is 10.1. The Balaban J connectivity index is 2.30. The summed E-state index contributed by atoms with van der Waals surface area (Å²) < 4.78 is 17.4. The molecule has 1 aromatic heterocycles. The molecule has 35 heavy (non-hydrogen) atoms. The maximum absolute atomic E-state index is 12.9. The van der Waals surface area contributed by atoms with Crippen molar-refractivity contribution in [3.05, 3.63) is 38.5 Å². The van der Waals surface area contributed by atoms with Crippen molar-refractivity contribution in [1.29, 1.82) is 0 Å². The molecule has 0 fully saturated rings. The fraction of sp³-hybridized carbons (Fsp3) is 0.542. The largest absolute Gasteiger partial charge is 0.493 e. The Morgan fingerprint density at radius 3 is 2.14 bits per heavy atom. The minimum atomic E-state index is -0.620. The molecule has 0 radical (unpaired) electrons. The Morgan fingerprint density at radius 2 is 1.66 bits per heavy atom. The number of aromatic nitrogens is 2. The van der Waals surface area contributed by atoms with Crippen molar-refractivity contribution in [3.63, 3.8) is 0 Å². The predicted octanol–water partition coefficient (Wildman–Crippen LogP) is 1.58. The van der Waals surface area contributed by atoms with Gasteiger partial charge in [-0.1, -0.05) is 27.7 Å². The van der Waals surface area contributed by atoms with Gasteiger partial charge in [-0.25, -0.2) is 4.79 Å². The average Bonchev–Trinajstić information content (AvgIpc) is 2.78. The number of amides is 1. The number of hydrogen-bond donors (Lipinski definition) is 3. The lowest BCUT2D eigenvalue weighted by molar-refractivity contribution is -0.119. The molecule has 2 aromatic rings. The summed E-state index contributed by atoms with van der Waals surface area (Å²) in [4.78, 5) is 41.9. The number of anilines is 2. The lowest BCUT2D eigenvalue weighted by Gasteiger charge is -2.27. The van der Waals surface area contributed by atoms with Crippen LogP contribution in [0.5, 0.6) is 17.2 Å². The zero-order chi connectivity index (χ0) is 26.3. The first kappa shape index (κ1) is 27.6. The SMILES string of the molecule is COc1cc(CNC(=O)CN(CC(C)C)c2c(N)n(CC(C)C)c(=O)[nH]c2=O)cc(OC)c1OC. The third-order valence-electron chi connectivity index (χ3n) is 5.21. The minimum absolute atomic E-state index is 0.0468. The van der Waals surface area contributed by atoms with Crippen molar-refractivity contribution in [2.75, 3.05) is 45.1 Å². The number of carbonyl (C=O) groups excluding carboxylic acids is 1. The Morgan fingerprint density at radius 1 is 1.06 bits per heavy atom. The molecule has 2 rings (SSSR count). The second-order valence-corrected chi connectivity index (χ2v) is 9.08. The molecule has 0 unspecified atom stereocenters. The smallest absolute Gasteiger partial charge is 0.330 e. The molecule has 194 valence electrons. The van der Waals surface area contributed by atoms with Crippen LogP contribution in [0.25, 0.3) is 0 Å². The van der Waals surface area contributed by atoms with E-state index in [1.807, 2.05) is 27.7 Å². The van der Waals surface area contributed by atoms with E-state index in [0.29, 0.717) is 30.3 Å². The highest BCUT2D eigenvalue weighted by Crippen LogP contribution is 2.38. The van der Waals surface area contributed by atoms with Gasteiger partial charge in [0.2, 0.25) is 11.7 Å². The summed E-state index contributed by atoms with van der Waals surface area (Å²) in [5.74, 6) is 1.40. The number of nitrogen functional groups attached to an aromatic ring is 1. The molecular formula is C24H37N5O6. The molecule has 11 heteroatoms. The van der Waals surface area contributed by atoms with E-state index in [9.17, 15) is 14.4 Å². The summed E-state index contributed by atoms with van der Waals surface area (Å²) in [6.07, 6.45) is 0. The van der Waals surface area contributed by atoms with Crippen LogP contribution < -0.4 is 41.4 Å². The zero-order valence-corrected chi connectivity index (χ0v) is 21.6. The van der Waals surface area contributed by atoms with Gasteiger partial charge in [-0.15, -0.1) is 0 Å². The zero-order valence-electron chi connectivity index (χ0n) is 21.6. The van der Waals surface area contributed by atoms with Crippen LogP contribution in [0.3, 0.4) is 0 Å². The number of benzene rings is 1. The van der Waals surface area contributed by atoms with Gasteiger partial charge in [0.15, 0.2) is 11.5 Å². The first-order valence-corrected chi connectivity index (χ1v) is 11.4. The number of aromatic amines is 1. The normalized spacial score (nSPS) is 11.0. The third kappa shape index (κ3) is 6.93. The van der Waals surface area contributed by atoms with Crippen molar-refractivity contribution in [2.24, 2.45) is 11.8 Å². The van der Waals surface area contributed by atoms with E-state index in [1.54, 1.807) is 17.0 Å². The molecule has 0 saturated heterocycles. The number of rotatable bonds is 12. The highest BCUT2D eigenvalue weighted by Gasteiger charge is 2.22. The first-order valence-electron chi connectivity index (χ1n) is 11.4. The summed E-state index contributed by atoms with van der Waals surface area (Å²) in [5.41, 5.74) is 5.94. The van der Waals surface area contributed by atoms with Gasteiger partial charge in [-0.2, -0.15) is 0 Å². The highest BCUT2D eigenvalue weighted by atomic mass is 16.5. The van der Waals surface area contributed by atoms with Gasteiger partial charge < -0.3 is 30.2 Å². The number of carbonyl (C=O) groups is 1. The van der Waals surface area contributed by atoms with Crippen molar-refractivity contribution in [3.8, 4) is 17.2 Å². The summed E-state index contributed by atoms with van der Waals surface area (Å²) in [6.45, 7) is 8.64. The van der Waals surface area contributed by atoms with Crippen LogP contribution in [-0.2, 0) is 17.9 Å². The van der Waals surface area contributed by atoms with Gasteiger partial charge in [0.1, 0.15) is 11.5 Å². The van der Waals surface area contributed by atoms with Crippen LogP contribution in [-0.4, -0.2) is 49.9 Å². The first-order chi connectivity index (χ1) is 16.5. The highest BCUT2D eigenvalue weighted by molar-refractivity contribution is 5.82. The molecule has 4 N–H and O–H groups in total. The van der Waals surface area contributed by atoms with E-state index in [2.05, 4.69) is 10.3 Å². The average molecular weight is 492 g/mol. The van der Waals surface area contributed by atoms with E-state index < -0.39 is 11.2 Å². The van der Waals surface area contributed by atoms with Gasteiger partial charge in [0.05, 0.1) is 27.9 Å². The quantitative estimate of drug-likeness (QED) is 0.406. The molecular weight excluding hydrogens is 454 g/mol. The Labute approximate surface area is 205 Å². The van der Waals surface area contributed by atoms with E-state index in [0.717, 1.165) is 5.56 Å². The van der Waals surface area contributed by atoms with Gasteiger partial charge in [0.25, 0.3) is 5.56 Å². The molecule has 0 atom stereocenters. The molecule has 0 bridgehead atoms. The Hall–Kier alpha value is -3.63. The number of nitrogens with zero attached hydrogens (tertiary/aromatic N) is 2. The standard InChI is InChI=1S/C24H37N5O6/c1-14(2)11-28(20-22(25)29(12-15(3)4)24(32)27-23(20)31)13-19(30)26-10-16-8-17(33-5)21(35-7)18(9-16)34-6/h8-9,14-15H,10-13,25H2,1-7H3,(H,26,30)(H,27,31,32). The van der Waals surface area contributed by atoms with Gasteiger partial charge in [-0.3, -0.25) is 19.1 Å². The summed E-state index contributed by atoms with van der Waals surface area (Å²) >= 11 is 0. The minimum Gasteiger partial charge on any atom is -0.493 e. The maximum Gasteiger partial charge on any atom is 0.330 e. The molecule has 0 spiro atoms. The predicted molar refractivity (Wildman–Crippen MR) is 136 cm³/mol. The number of nitrogens with two attached hydrogens (primary N) is 1. The lowest BCUT2D eigenvalue weighted by Crippen LogP contribution is -2.44. The third-order valence-corrected chi connectivity index (χ3v) is 5.21. The van der Waals surface area contributed by atoms with Gasteiger partial charge >= 0.3 is 5.69 Å². The van der Waals surface area contributed by atoms with Gasteiger partial charge in [0, 0.05) is 19.6 Å². The molecule has 1 aromatic carbocycles. The molecule has 0 aliphatic heterocycles. The van der Waals surface area contributed by atoms with E-state index in [-0.39, 0.29) is 42.3 Å². The van der Waals surface area contributed by atoms with Crippen LogP contribution in [0.4, 0.5) is 11.5 Å². The number of nitrogens with one attached hydrogen (secondary N) is 2. The van der Waals surface area contributed by atoms with Crippen molar-refractivity contribution in [1.82, 2.24) is 14.9 Å².